The number of fused-ring (bicyclic) bond motifs is 1. The number of benzene rings is 2. The first-order chi connectivity index (χ1) is 10.1. The summed E-state index contributed by atoms with van der Waals surface area (Å²) < 4.78 is 0. The molecule has 0 saturated carbocycles. The molecule has 110 valence electrons. The summed E-state index contributed by atoms with van der Waals surface area (Å²) in [7, 11) is 0. The number of hydrogen-bond donors (Lipinski definition) is 2. The van der Waals surface area contributed by atoms with Gasteiger partial charge in [0.15, 0.2) is 0 Å². The van der Waals surface area contributed by atoms with Crippen LogP contribution in [0.1, 0.15) is 47.1 Å². The summed E-state index contributed by atoms with van der Waals surface area (Å²) in [6.07, 6.45) is -0.165. The summed E-state index contributed by atoms with van der Waals surface area (Å²) >= 11 is 0. The number of carbonyl (C=O) groups excluding carboxylic acids is 1. The second-order valence-corrected chi connectivity index (χ2v) is 4.96. The van der Waals surface area contributed by atoms with Gasteiger partial charge in [0.05, 0.1) is 5.56 Å². The summed E-state index contributed by atoms with van der Waals surface area (Å²) in [6, 6.07) is 14.0. The molecule has 1 aliphatic rings. The Kier molecular flexibility index (Phi) is 4.63. The lowest BCUT2D eigenvalue weighted by atomic mass is 10.0. The Morgan fingerprint density at radius 3 is 2.38 bits per heavy atom. The molecule has 0 fully saturated rings. The van der Waals surface area contributed by atoms with Crippen molar-refractivity contribution in [2.24, 2.45) is 0 Å². The van der Waals surface area contributed by atoms with Crippen LogP contribution in [-0.2, 0) is 0 Å². The molecule has 2 N–H and O–H groups in total. The van der Waals surface area contributed by atoms with Gasteiger partial charge in [-0.2, -0.15) is 0 Å². The highest BCUT2D eigenvalue weighted by molar-refractivity contribution is 6.03. The first kappa shape index (κ1) is 15.1. The van der Waals surface area contributed by atoms with Crippen LogP contribution in [0.4, 0.5) is 5.69 Å². The van der Waals surface area contributed by atoms with Crippen LogP contribution in [0.15, 0.2) is 42.5 Å². The Morgan fingerprint density at radius 2 is 1.67 bits per heavy atom. The fourth-order valence-corrected chi connectivity index (χ4v) is 2.50. The fourth-order valence-electron chi connectivity index (χ4n) is 2.50. The molecule has 3 heteroatoms. The minimum absolute atomic E-state index is 0.0154. The first-order valence-electron chi connectivity index (χ1n) is 7.39. The zero-order valence-corrected chi connectivity index (χ0v) is 13.0. The molecule has 3 rings (SSSR count). The summed E-state index contributed by atoms with van der Waals surface area (Å²) in [5, 5.41) is 6.39. The summed E-state index contributed by atoms with van der Waals surface area (Å²) in [4.78, 5) is 12.2. The van der Waals surface area contributed by atoms with Crippen LogP contribution < -0.4 is 10.6 Å². The van der Waals surface area contributed by atoms with Gasteiger partial charge < -0.3 is 10.6 Å². The predicted octanol–water partition coefficient (Wildman–Crippen LogP) is 4.18. The lowest BCUT2D eigenvalue weighted by Crippen LogP contribution is -2.38. The van der Waals surface area contributed by atoms with Crippen LogP contribution in [0, 0.1) is 13.8 Å². The number of amides is 1. The minimum atomic E-state index is -0.165. The van der Waals surface area contributed by atoms with E-state index in [4.69, 9.17) is 0 Å². The van der Waals surface area contributed by atoms with E-state index in [9.17, 15) is 4.79 Å². The van der Waals surface area contributed by atoms with Crippen molar-refractivity contribution in [2.45, 2.75) is 33.9 Å². The zero-order valence-electron chi connectivity index (χ0n) is 13.0. The molecule has 1 heterocycles. The van der Waals surface area contributed by atoms with Crippen molar-refractivity contribution in [1.29, 1.82) is 0 Å². The van der Waals surface area contributed by atoms with Crippen molar-refractivity contribution in [3.8, 4) is 0 Å². The van der Waals surface area contributed by atoms with Gasteiger partial charge in [-0.25, -0.2) is 0 Å². The third-order valence-corrected chi connectivity index (χ3v) is 3.45. The van der Waals surface area contributed by atoms with Crippen LogP contribution in [0.3, 0.4) is 0 Å². The monoisotopic (exact) mass is 282 g/mol. The van der Waals surface area contributed by atoms with Gasteiger partial charge in [-0.1, -0.05) is 55.8 Å². The normalized spacial score (nSPS) is 16.0. The molecule has 1 amide bonds. The summed E-state index contributed by atoms with van der Waals surface area (Å²) in [6.45, 7) is 8.00. The van der Waals surface area contributed by atoms with Gasteiger partial charge in [-0.15, -0.1) is 0 Å². The standard InChI is InChI=1S/C16H16N2O.C2H6/c1-10-5-3-7-12(9-10)15-17-13-8-4-6-11(2)14(13)16(19)18-15;1-2/h3-9,15,17H,1-2H3,(H,18,19);1-2H3. The van der Waals surface area contributed by atoms with Crippen molar-refractivity contribution in [2.75, 3.05) is 5.32 Å². The van der Waals surface area contributed by atoms with Crippen LogP contribution in [-0.4, -0.2) is 5.91 Å². The Balaban J connectivity index is 0.000000774. The third kappa shape index (κ3) is 3.07. The SMILES string of the molecule is CC.Cc1cccc(C2NC(=O)c3c(C)cccc3N2)c1. The Hall–Kier alpha value is -2.29. The number of anilines is 1. The van der Waals surface area contributed by atoms with Crippen LogP contribution in [0.25, 0.3) is 0 Å². The maximum Gasteiger partial charge on any atom is 0.255 e. The van der Waals surface area contributed by atoms with Crippen LogP contribution in [0.5, 0.6) is 0 Å². The van der Waals surface area contributed by atoms with E-state index in [0.717, 1.165) is 22.4 Å². The van der Waals surface area contributed by atoms with E-state index in [-0.39, 0.29) is 12.1 Å². The minimum Gasteiger partial charge on any atom is -0.361 e. The van der Waals surface area contributed by atoms with Crippen molar-refractivity contribution < 1.29 is 4.79 Å². The molecule has 0 aliphatic carbocycles. The maximum absolute atomic E-state index is 12.2. The maximum atomic E-state index is 12.2. The van der Waals surface area contributed by atoms with E-state index in [2.05, 4.69) is 16.7 Å². The van der Waals surface area contributed by atoms with E-state index in [1.165, 1.54) is 5.56 Å². The average Bonchev–Trinajstić information content (AvgIpc) is 2.49. The Bertz CT molecular complexity index is 649. The lowest BCUT2D eigenvalue weighted by Gasteiger charge is -2.29. The molecule has 0 saturated heterocycles. The van der Waals surface area contributed by atoms with Gasteiger partial charge in [0.1, 0.15) is 6.17 Å². The molecule has 1 atom stereocenters. The summed E-state index contributed by atoms with van der Waals surface area (Å²) in [5.74, 6) is -0.0154. The predicted molar refractivity (Wildman–Crippen MR) is 87.5 cm³/mol. The number of rotatable bonds is 1. The van der Waals surface area contributed by atoms with E-state index >= 15 is 0 Å². The van der Waals surface area contributed by atoms with E-state index in [0.29, 0.717) is 0 Å². The number of carbonyl (C=O) groups is 1. The molecule has 0 radical (unpaired) electrons. The van der Waals surface area contributed by atoms with E-state index in [1.807, 2.05) is 64.1 Å². The number of hydrogen-bond acceptors (Lipinski definition) is 2. The molecule has 0 bridgehead atoms. The average molecular weight is 282 g/mol. The van der Waals surface area contributed by atoms with Crippen molar-refractivity contribution in [3.63, 3.8) is 0 Å². The highest BCUT2D eigenvalue weighted by Gasteiger charge is 2.25. The van der Waals surface area contributed by atoms with Crippen LogP contribution >= 0.6 is 0 Å². The van der Waals surface area contributed by atoms with Gasteiger partial charge >= 0.3 is 0 Å². The molecule has 1 aliphatic heterocycles. The van der Waals surface area contributed by atoms with Gasteiger partial charge in [0.25, 0.3) is 5.91 Å². The largest absolute Gasteiger partial charge is 0.361 e. The second kappa shape index (κ2) is 6.44. The number of aryl methyl sites for hydroxylation is 2. The zero-order chi connectivity index (χ0) is 15.4. The van der Waals surface area contributed by atoms with E-state index < -0.39 is 0 Å². The highest BCUT2D eigenvalue weighted by Crippen LogP contribution is 2.28. The first-order valence-corrected chi connectivity index (χ1v) is 7.39. The Morgan fingerprint density at radius 1 is 0.952 bits per heavy atom. The molecular formula is C18H22N2O. The second-order valence-electron chi connectivity index (χ2n) is 4.96. The van der Waals surface area contributed by atoms with Gasteiger partial charge in [-0.3, -0.25) is 4.79 Å². The molecule has 0 spiro atoms. The molecule has 2 aromatic carbocycles. The third-order valence-electron chi connectivity index (χ3n) is 3.45. The van der Waals surface area contributed by atoms with Gasteiger partial charge in [0, 0.05) is 5.69 Å². The fraction of sp³-hybridized carbons (Fsp3) is 0.278. The smallest absolute Gasteiger partial charge is 0.255 e. The van der Waals surface area contributed by atoms with Crippen molar-refractivity contribution in [3.05, 3.63) is 64.7 Å². The van der Waals surface area contributed by atoms with Gasteiger partial charge in [-0.05, 0) is 31.0 Å². The topological polar surface area (TPSA) is 41.1 Å². The lowest BCUT2D eigenvalue weighted by molar-refractivity contribution is 0.0935. The molecule has 0 aromatic heterocycles. The quantitative estimate of drug-likeness (QED) is 0.823. The van der Waals surface area contributed by atoms with Crippen LogP contribution in [0.2, 0.25) is 0 Å². The van der Waals surface area contributed by atoms with E-state index in [1.54, 1.807) is 0 Å². The summed E-state index contributed by atoms with van der Waals surface area (Å²) in [5.41, 5.74) is 4.89. The molecule has 1 unspecified atom stereocenters. The Labute approximate surface area is 126 Å². The molecule has 2 aromatic rings. The molecule has 21 heavy (non-hydrogen) atoms. The van der Waals surface area contributed by atoms with Gasteiger partial charge in [0.2, 0.25) is 0 Å². The number of nitrogens with one attached hydrogen (secondary N) is 2. The molecule has 3 nitrogen and oxygen atoms in total. The van der Waals surface area contributed by atoms with Crippen molar-refractivity contribution >= 4 is 11.6 Å². The van der Waals surface area contributed by atoms with Crippen molar-refractivity contribution in [1.82, 2.24) is 5.32 Å². The molecular weight excluding hydrogens is 260 g/mol. The highest BCUT2D eigenvalue weighted by atomic mass is 16.2.